The van der Waals surface area contributed by atoms with Crippen LogP contribution in [0.1, 0.15) is 19.3 Å². The molecule has 1 aliphatic rings. The minimum atomic E-state index is 0.0444. The van der Waals surface area contributed by atoms with E-state index in [1.165, 1.54) is 0 Å². The highest BCUT2D eigenvalue weighted by Gasteiger charge is 2.22. The summed E-state index contributed by atoms with van der Waals surface area (Å²) in [6.07, 6.45) is 2.57. The summed E-state index contributed by atoms with van der Waals surface area (Å²) in [5, 5.41) is 6.01. The number of aromatic nitrogens is 3. The molecular weight excluding hydrogens is 268 g/mol. The van der Waals surface area contributed by atoms with Crippen LogP contribution in [0.2, 0.25) is 5.28 Å². The number of nitrogens with one attached hydrogen (secondary N) is 2. The Hall–Kier alpha value is -1.63. The van der Waals surface area contributed by atoms with Gasteiger partial charge in [0.15, 0.2) is 0 Å². The summed E-state index contributed by atoms with van der Waals surface area (Å²) in [4.78, 5) is 25.3. The Morgan fingerprint density at radius 2 is 2.11 bits per heavy atom. The van der Waals surface area contributed by atoms with Crippen molar-refractivity contribution < 1.29 is 4.79 Å². The lowest BCUT2D eigenvalue weighted by Crippen LogP contribution is -2.27. The van der Waals surface area contributed by atoms with Gasteiger partial charge in [-0.1, -0.05) is 0 Å². The van der Waals surface area contributed by atoms with Gasteiger partial charge in [-0.15, -0.1) is 0 Å². The van der Waals surface area contributed by atoms with E-state index in [-0.39, 0.29) is 11.2 Å². The highest BCUT2D eigenvalue weighted by molar-refractivity contribution is 6.28. The lowest BCUT2D eigenvalue weighted by atomic mass is 10.4. The van der Waals surface area contributed by atoms with E-state index in [1.807, 2.05) is 14.1 Å². The van der Waals surface area contributed by atoms with Gasteiger partial charge in [0.25, 0.3) is 0 Å². The normalized spacial score (nSPS) is 14.1. The number of rotatable bonds is 6. The van der Waals surface area contributed by atoms with Gasteiger partial charge in [0.1, 0.15) is 0 Å². The molecule has 0 bridgehead atoms. The molecule has 1 aliphatic carbocycles. The first-order chi connectivity index (χ1) is 9.04. The van der Waals surface area contributed by atoms with E-state index in [1.54, 1.807) is 4.90 Å². The average Bonchev–Trinajstić information content (AvgIpc) is 3.12. The molecule has 2 N–H and O–H groups in total. The smallest absolute Gasteiger partial charge is 0.230 e. The highest BCUT2D eigenvalue weighted by Crippen LogP contribution is 2.18. The van der Waals surface area contributed by atoms with Crippen molar-refractivity contribution in [2.45, 2.75) is 25.3 Å². The first-order valence-corrected chi connectivity index (χ1v) is 6.54. The number of carbonyl (C=O) groups is 1. The van der Waals surface area contributed by atoms with Crippen LogP contribution in [0.25, 0.3) is 0 Å². The predicted octanol–water partition coefficient (Wildman–Crippen LogP) is 0.672. The Labute approximate surface area is 116 Å². The molecule has 1 aromatic heterocycles. The zero-order chi connectivity index (χ0) is 13.8. The van der Waals surface area contributed by atoms with Gasteiger partial charge in [0.2, 0.25) is 23.1 Å². The van der Waals surface area contributed by atoms with Crippen molar-refractivity contribution in [3.05, 3.63) is 5.28 Å². The minimum Gasteiger partial charge on any atom is -0.354 e. The van der Waals surface area contributed by atoms with Gasteiger partial charge in [0, 0.05) is 33.1 Å². The van der Waals surface area contributed by atoms with Gasteiger partial charge < -0.3 is 15.5 Å². The van der Waals surface area contributed by atoms with Crippen molar-refractivity contribution in [1.29, 1.82) is 0 Å². The fourth-order valence-corrected chi connectivity index (χ4v) is 1.59. The standard InChI is InChI=1S/C11H17ClN6O/c1-18(2)11-16-9(12)15-10(17-11)13-6-5-8(19)14-7-3-4-7/h7H,3-6H2,1-2H3,(H,14,19)(H,13,15,16,17). The lowest BCUT2D eigenvalue weighted by Gasteiger charge is -2.11. The molecule has 104 valence electrons. The molecule has 0 unspecified atom stereocenters. The molecular formula is C11H17ClN6O. The third-order valence-corrected chi connectivity index (χ3v) is 2.74. The molecule has 1 aromatic rings. The van der Waals surface area contributed by atoms with Crippen molar-refractivity contribution >= 4 is 29.4 Å². The Morgan fingerprint density at radius 3 is 2.74 bits per heavy atom. The molecule has 0 aromatic carbocycles. The van der Waals surface area contributed by atoms with Crippen molar-refractivity contribution in [2.75, 3.05) is 30.9 Å². The quantitative estimate of drug-likeness (QED) is 0.799. The molecule has 1 heterocycles. The summed E-state index contributed by atoms with van der Waals surface area (Å²) in [5.74, 6) is 0.899. The van der Waals surface area contributed by atoms with Gasteiger partial charge in [-0.05, 0) is 24.4 Å². The number of hydrogen-bond acceptors (Lipinski definition) is 6. The second kappa shape index (κ2) is 6.01. The second-order valence-electron chi connectivity index (χ2n) is 4.64. The lowest BCUT2D eigenvalue weighted by molar-refractivity contribution is -0.120. The van der Waals surface area contributed by atoms with Gasteiger partial charge in [-0.2, -0.15) is 15.0 Å². The molecule has 0 spiro atoms. The predicted molar refractivity (Wildman–Crippen MR) is 73.4 cm³/mol. The van der Waals surface area contributed by atoms with E-state index < -0.39 is 0 Å². The van der Waals surface area contributed by atoms with E-state index in [0.29, 0.717) is 30.9 Å². The van der Waals surface area contributed by atoms with Gasteiger partial charge in [0.05, 0.1) is 0 Å². The molecule has 1 fully saturated rings. The fraction of sp³-hybridized carbons (Fsp3) is 0.636. The van der Waals surface area contributed by atoms with Crippen LogP contribution in [0.5, 0.6) is 0 Å². The maximum Gasteiger partial charge on any atom is 0.230 e. The largest absolute Gasteiger partial charge is 0.354 e. The van der Waals surface area contributed by atoms with Crippen LogP contribution in [-0.4, -0.2) is 47.5 Å². The van der Waals surface area contributed by atoms with Crippen LogP contribution in [-0.2, 0) is 4.79 Å². The molecule has 19 heavy (non-hydrogen) atoms. The zero-order valence-corrected chi connectivity index (χ0v) is 11.7. The monoisotopic (exact) mass is 284 g/mol. The number of amides is 1. The first kappa shape index (κ1) is 13.8. The second-order valence-corrected chi connectivity index (χ2v) is 4.98. The summed E-state index contributed by atoms with van der Waals surface area (Å²) in [5.41, 5.74) is 0. The number of hydrogen-bond donors (Lipinski definition) is 2. The summed E-state index contributed by atoms with van der Waals surface area (Å²) in [7, 11) is 3.64. The molecule has 0 aliphatic heterocycles. The molecule has 0 radical (unpaired) electrons. The third-order valence-electron chi connectivity index (χ3n) is 2.57. The average molecular weight is 285 g/mol. The van der Waals surface area contributed by atoms with Crippen LogP contribution < -0.4 is 15.5 Å². The van der Waals surface area contributed by atoms with Gasteiger partial charge in [-0.3, -0.25) is 4.79 Å². The van der Waals surface area contributed by atoms with Crippen molar-refractivity contribution in [1.82, 2.24) is 20.3 Å². The molecule has 0 saturated heterocycles. The van der Waals surface area contributed by atoms with Gasteiger partial charge in [-0.25, -0.2) is 0 Å². The maximum atomic E-state index is 11.5. The number of halogens is 1. The van der Waals surface area contributed by atoms with E-state index in [4.69, 9.17) is 11.6 Å². The SMILES string of the molecule is CN(C)c1nc(Cl)nc(NCCC(=O)NC2CC2)n1. The van der Waals surface area contributed by atoms with Gasteiger partial charge >= 0.3 is 0 Å². The summed E-state index contributed by atoms with van der Waals surface area (Å²) in [6, 6.07) is 0.388. The maximum absolute atomic E-state index is 11.5. The van der Waals surface area contributed by atoms with Crippen LogP contribution in [0.4, 0.5) is 11.9 Å². The molecule has 1 saturated carbocycles. The molecule has 0 atom stereocenters. The van der Waals surface area contributed by atoms with Crippen LogP contribution in [0.15, 0.2) is 0 Å². The van der Waals surface area contributed by atoms with E-state index >= 15 is 0 Å². The Balaban J connectivity index is 1.82. The molecule has 7 nitrogen and oxygen atoms in total. The summed E-state index contributed by atoms with van der Waals surface area (Å²) in [6.45, 7) is 0.464. The number of carbonyl (C=O) groups excluding carboxylic acids is 1. The van der Waals surface area contributed by atoms with E-state index in [2.05, 4.69) is 25.6 Å². The minimum absolute atomic E-state index is 0.0444. The fourth-order valence-electron chi connectivity index (χ4n) is 1.43. The third kappa shape index (κ3) is 4.51. The zero-order valence-electron chi connectivity index (χ0n) is 11.0. The number of anilines is 2. The van der Waals surface area contributed by atoms with Crippen LogP contribution >= 0.6 is 11.6 Å². The first-order valence-electron chi connectivity index (χ1n) is 6.17. The highest BCUT2D eigenvalue weighted by atomic mass is 35.5. The number of nitrogens with zero attached hydrogens (tertiary/aromatic N) is 4. The van der Waals surface area contributed by atoms with E-state index in [9.17, 15) is 4.79 Å². The van der Waals surface area contributed by atoms with E-state index in [0.717, 1.165) is 12.8 Å². The molecule has 1 amide bonds. The Bertz CT molecular complexity index is 462. The van der Waals surface area contributed by atoms with Crippen LogP contribution in [0.3, 0.4) is 0 Å². The van der Waals surface area contributed by atoms with Crippen molar-refractivity contribution in [3.63, 3.8) is 0 Å². The van der Waals surface area contributed by atoms with Crippen LogP contribution in [0, 0.1) is 0 Å². The van der Waals surface area contributed by atoms with Crippen molar-refractivity contribution in [2.24, 2.45) is 0 Å². The Morgan fingerprint density at radius 1 is 1.37 bits per heavy atom. The topological polar surface area (TPSA) is 83.0 Å². The summed E-state index contributed by atoms with van der Waals surface area (Å²) < 4.78 is 0. The summed E-state index contributed by atoms with van der Waals surface area (Å²) >= 11 is 5.80. The molecule has 8 heteroatoms. The van der Waals surface area contributed by atoms with Crippen molar-refractivity contribution in [3.8, 4) is 0 Å². The Kier molecular flexibility index (Phi) is 4.36. The molecule has 2 rings (SSSR count).